The number of hydrogen-bond acceptors (Lipinski definition) is 5. The molecule has 1 aliphatic rings. The SMILES string of the molecule is O=C(c1cc([N+](=O)[O-])ccc1OC(CF)CF)N1CCN(c2ccc(C(F)(F)F)cc2)CC1. The number of carbonyl (C=O) groups is 1. The molecule has 1 saturated heterocycles. The molecule has 1 amide bonds. The highest BCUT2D eigenvalue weighted by atomic mass is 19.4. The van der Waals surface area contributed by atoms with E-state index in [-0.39, 0.29) is 30.1 Å². The third kappa shape index (κ3) is 5.68. The van der Waals surface area contributed by atoms with E-state index in [0.717, 1.165) is 30.3 Å². The number of halogens is 5. The summed E-state index contributed by atoms with van der Waals surface area (Å²) >= 11 is 0. The first kappa shape index (κ1) is 24.2. The van der Waals surface area contributed by atoms with Crippen molar-refractivity contribution in [2.75, 3.05) is 44.4 Å². The zero-order valence-electron chi connectivity index (χ0n) is 17.2. The molecule has 3 rings (SSSR count). The Bertz CT molecular complexity index is 988. The third-order valence-electron chi connectivity index (χ3n) is 5.17. The molecule has 0 aliphatic carbocycles. The highest BCUT2D eigenvalue weighted by Crippen LogP contribution is 2.31. The van der Waals surface area contributed by atoms with Crippen LogP contribution in [0.25, 0.3) is 0 Å². The largest absolute Gasteiger partial charge is 0.484 e. The Hall–Kier alpha value is -3.44. The van der Waals surface area contributed by atoms with Gasteiger partial charge in [-0.1, -0.05) is 0 Å². The van der Waals surface area contributed by atoms with Crippen molar-refractivity contribution in [2.45, 2.75) is 12.3 Å². The predicted molar refractivity (Wildman–Crippen MR) is 109 cm³/mol. The molecule has 178 valence electrons. The number of nitro groups is 1. The minimum absolute atomic E-state index is 0.170. The van der Waals surface area contributed by atoms with Crippen LogP contribution >= 0.6 is 0 Å². The number of nitrogens with zero attached hydrogens (tertiary/aromatic N) is 3. The highest BCUT2D eigenvalue weighted by Gasteiger charge is 2.31. The van der Waals surface area contributed by atoms with Crippen molar-refractivity contribution >= 4 is 17.3 Å². The van der Waals surface area contributed by atoms with E-state index in [1.807, 2.05) is 0 Å². The van der Waals surface area contributed by atoms with E-state index in [1.54, 1.807) is 4.90 Å². The Morgan fingerprint density at radius 3 is 2.15 bits per heavy atom. The van der Waals surface area contributed by atoms with Crippen LogP contribution in [-0.4, -0.2) is 61.4 Å². The maximum absolute atomic E-state index is 13.0. The van der Waals surface area contributed by atoms with Crippen molar-refractivity contribution in [3.05, 3.63) is 63.7 Å². The second-order valence-electron chi connectivity index (χ2n) is 7.31. The molecule has 0 radical (unpaired) electrons. The molecular formula is C21H20F5N3O4. The minimum atomic E-state index is -4.44. The van der Waals surface area contributed by atoms with Gasteiger partial charge in [-0.2, -0.15) is 13.2 Å². The smallest absolute Gasteiger partial charge is 0.416 e. The summed E-state index contributed by atoms with van der Waals surface area (Å²) in [7, 11) is 0. The van der Waals surface area contributed by atoms with Gasteiger partial charge in [-0.15, -0.1) is 0 Å². The standard InChI is InChI=1S/C21H20F5N3O4/c22-12-17(13-23)33-19-6-5-16(29(31)32)11-18(19)20(30)28-9-7-27(8-10-28)15-3-1-14(2-4-15)21(24,25)26/h1-6,11,17H,7-10,12-13H2. The van der Waals surface area contributed by atoms with Gasteiger partial charge in [0, 0.05) is 44.0 Å². The summed E-state index contributed by atoms with van der Waals surface area (Å²) in [6.07, 6.45) is -5.89. The van der Waals surface area contributed by atoms with E-state index in [0.29, 0.717) is 18.8 Å². The molecule has 1 heterocycles. The molecule has 0 unspecified atom stereocenters. The van der Waals surface area contributed by atoms with Crippen LogP contribution in [0.15, 0.2) is 42.5 Å². The summed E-state index contributed by atoms with van der Waals surface area (Å²) in [6.45, 7) is -1.32. The summed E-state index contributed by atoms with van der Waals surface area (Å²) in [5.41, 5.74) is -0.786. The number of ether oxygens (including phenoxy) is 1. The summed E-state index contributed by atoms with van der Waals surface area (Å²) in [4.78, 5) is 26.7. The van der Waals surface area contributed by atoms with Crippen LogP contribution in [0.2, 0.25) is 0 Å². The lowest BCUT2D eigenvalue weighted by molar-refractivity contribution is -0.384. The van der Waals surface area contributed by atoms with Gasteiger partial charge in [0.25, 0.3) is 11.6 Å². The molecule has 33 heavy (non-hydrogen) atoms. The third-order valence-corrected chi connectivity index (χ3v) is 5.17. The fourth-order valence-corrected chi connectivity index (χ4v) is 3.38. The van der Waals surface area contributed by atoms with Crippen LogP contribution in [0, 0.1) is 10.1 Å². The maximum Gasteiger partial charge on any atom is 0.416 e. The van der Waals surface area contributed by atoms with Crippen molar-refractivity contribution in [1.82, 2.24) is 4.90 Å². The van der Waals surface area contributed by atoms with Gasteiger partial charge in [-0.25, -0.2) is 8.78 Å². The Morgan fingerprint density at radius 1 is 1.03 bits per heavy atom. The number of nitro benzene ring substituents is 1. The molecule has 0 spiro atoms. The first-order valence-corrected chi connectivity index (χ1v) is 9.92. The van der Waals surface area contributed by atoms with E-state index in [1.165, 1.54) is 17.0 Å². The first-order chi connectivity index (χ1) is 15.6. The van der Waals surface area contributed by atoms with Crippen molar-refractivity contribution < 1.29 is 36.4 Å². The van der Waals surface area contributed by atoms with Crippen LogP contribution in [0.3, 0.4) is 0 Å². The van der Waals surface area contributed by atoms with Gasteiger partial charge in [0.05, 0.1) is 16.1 Å². The van der Waals surface area contributed by atoms with Gasteiger partial charge >= 0.3 is 6.18 Å². The second-order valence-corrected chi connectivity index (χ2v) is 7.31. The van der Waals surface area contributed by atoms with Crippen molar-refractivity contribution in [3.8, 4) is 5.75 Å². The van der Waals surface area contributed by atoms with E-state index < -0.39 is 42.0 Å². The molecule has 0 N–H and O–H groups in total. The molecule has 0 saturated carbocycles. The number of rotatable bonds is 7. The second kappa shape index (κ2) is 10.0. The first-order valence-electron chi connectivity index (χ1n) is 9.92. The average Bonchev–Trinajstić information content (AvgIpc) is 2.81. The summed E-state index contributed by atoms with van der Waals surface area (Å²) in [5, 5.41) is 11.1. The van der Waals surface area contributed by atoms with Gasteiger partial charge < -0.3 is 14.5 Å². The van der Waals surface area contributed by atoms with Gasteiger partial charge in [0.15, 0.2) is 6.10 Å². The number of anilines is 1. The molecule has 0 bridgehead atoms. The lowest BCUT2D eigenvalue weighted by Crippen LogP contribution is -2.49. The Morgan fingerprint density at radius 2 is 1.64 bits per heavy atom. The Kier molecular flexibility index (Phi) is 7.34. The van der Waals surface area contributed by atoms with E-state index in [4.69, 9.17) is 4.74 Å². The highest BCUT2D eigenvalue weighted by molar-refractivity contribution is 5.97. The molecule has 1 aliphatic heterocycles. The fraction of sp³-hybridized carbons (Fsp3) is 0.381. The van der Waals surface area contributed by atoms with Gasteiger partial charge in [0.2, 0.25) is 0 Å². The molecule has 7 nitrogen and oxygen atoms in total. The number of alkyl halides is 5. The monoisotopic (exact) mass is 473 g/mol. The normalized spacial score (nSPS) is 14.5. The maximum atomic E-state index is 13.0. The number of amides is 1. The van der Waals surface area contributed by atoms with E-state index >= 15 is 0 Å². The van der Waals surface area contributed by atoms with E-state index in [9.17, 15) is 36.9 Å². The summed E-state index contributed by atoms with van der Waals surface area (Å²) in [5.74, 6) is -0.784. The lowest BCUT2D eigenvalue weighted by Gasteiger charge is -2.36. The summed E-state index contributed by atoms with van der Waals surface area (Å²) < 4.78 is 69.2. The van der Waals surface area contributed by atoms with Crippen molar-refractivity contribution in [1.29, 1.82) is 0 Å². The molecular weight excluding hydrogens is 453 g/mol. The number of hydrogen-bond donors (Lipinski definition) is 0. The topological polar surface area (TPSA) is 75.9 Å². The molecule has 0 atom stereocenters. The summed E-state index contributed by atoms with van der Waals surface area (Å²) in [6, 6.07) is 7.84. The van der Waals surface area contributed by atoms with Gasteiger partial charge in [0.1, 0.15) is 19.1 Å². The fourth-order valence-electron chi connectivity index (χ4n) is 3.38. The average molecular weight is 473 g/mol. The quantitative estimate of drug-likeness (QED) is 0.341. The number of piperazine rings is 1. The molecule has 1 fully saturated rings. The molecule has 12 heteroatoms. The van der Waals surface area contributed by atoms with Gasteiger partial charge in [-0.3, -0.25) is 14.9 Å². The molecule has 2 aromatic rings. The number of non-ortho nitro benzene ring substituents is 1. The lowest BCUT2D eigenvalue weighted by atomic mass is 10.1. The molecule has 2 aromatic carbocycles. The van der Waals surface area contributed by atoms with Crippen LogP contribution < -0.4 is 9.64 Å². The van der Waals surface area contributed by atoms with E-state index in [2.05, 4.69) is 0 Å². The Labute approximate surface area is 185 Å². The van der Waals surface area contributed by atoms with Crippen molar-refractivity contribution in [3.63, 3.8) is 0 Å². The van der Waals surface area contributed by atoms with Gasteiger partial charge in [-0.05, 0) is 30.3 Å². The van der Waals surface area contributed by atoms with Crippen LogP contribution in [-0.2, 0) is 6.18 Å². The Balaban J connectivity index is 1.74. The zero-order chi connectivity index (χ0) is 24.2. The zero-order valence-corrected chi connectivity index (χ0v) is 17.2. The predicted octanol–water partition coefficient (Wildman–Crippen LogP) is 4.26. The van der Waals surface area contributed by atoms with Crippen LogP contribution in [0.4, 0.5) is 33.3 Å². The van der Waals surface area contributed by atoms with Crippen LogP contribution in [0.1, 0.15) is 15.9 Å². The number of carbonyl (C=O) groups excluding carboxylic acids is 1. The van der Waals surface area contributed by atoms with Crippen molar-refractivity contribution in [2.24, 2.45) is 0 Å². The minimum Gasteiger partial charge on any atom is -0.484 e. The number of benzene rings is 2. The molecule has 0 aromatic heterocycles. The van der Waals surface area contributed by atoms with Crippen LogP contribution in [0.5, 0.6) is 5.75 Å².